The standard InChI is InChI=1S/C15H27NO3/c1-5-10(4)16(7-3)14(17)12-8-11(6-2)9-13(12)15(18)19/h10-13H,5-9H2,1-4H3,(H,18,19)/t10?,11?,12-,13+/m0/s1. The summed E-state index contributed by atoms with van der Waals surface area (Å²) in [5, 5.41) is 9.33. The van der Waals surface area contributed by atoms with E-state index in [0.29, 0.717) is 18.9 Å². The lowest BCUT2D eigenvalue weighted by molar-refractivity contribution is -0.149. The third-order valence-electron chi connectivity index (χ3n) is 4.62. The summed E-state index contributed by atoms with van der Waals surface area (Å²) in [6.45, 7) is 8.78. The van der Waals surface area contributed by atoms with Crippen molar-refractivity contribution in [1.29, 1.82) is 0 Å². The molecule has 4 nitrogen and oxygen atoms in total. The van der Waals surface area contributed by atoms with Gasteiger partial charge in [-0.3, -0.25) is 9.59 Å². The molecule has 0 radical (unpaired) electrons. The fourth-order valence-corrected chi connectivity index (χ4v) is 3.14. The number of carbonyl (C=O) groups excluding carboxylic acids is 1. The van der Waals surface area contributed by atoms with E-state index in [1.54, 1.807) is 0 Å². The van der Waals surface area contributed by atoms with Gasteiger partial charge in [0, 0.05) is 12.6 Å². The fraction of sp³-hybridized carbons (Fsp3) is 0.867. The Kier molecular flexibility index (Phi) is 5.83. The van der Waals surface area contributed by atoms with Gasteiger partial charge >= 0.3 is 5.97 Å². The highest BCUT2D eigenvalue weighted by atomic mass is 16.4. The predicted molar refractivity (Wildman–Crippen MR) is 74.8 cm³/mol. The first-order chi connectivity index (χ1) is 8.96. The van der Waals surface area contributed by atoms with Gasteiger partial charge in [-0.2, -0.15) is 0 Å². The Morgan fingerprint density at radius 2 is 1.79 bits per heavy atom. The first kappa shape index (κ1) is 16.0. The zero-order chi connectivity index (χ0) is 14.6. The van der Waals surface area contributed by atoms with Crippen molar-refractivity contribution in [2.45, 2.75) is 59.4 Å². The summed E-state index contributed by atoms with van der Waals surface area (Å²) < 4.78 is 0. The molecule has 1 N–H and O–H groups in total. The number of hydrogen-bond acceptors (Lipinski definition) is 2. The van der Waals surface area contributed by atoms with E-state index < -0.39 is 11.9 Å². The van der Waals surface area contributed by atoms with Crippen molar-refractivity contribution in [2.75, 3.05) is 6.54 Å². The number of amides is 1. The Hall–Kier alpha value is -1.06. The summed E-state index contributed by atoms with van der Waals surface area (Å²) in [7, 11) is 0. The highest BCUT2D eigenvalue weighted by Gasteiger charge is 2.43. The molecule has 1 amide bonds. The normalized spacial score (nSPS) is 28.1. The number of nitrogens with zero attached hydrogens (tertiary/aromatic N) is 1. The number of rotatable bonds is 6. The number of carboxylic acids is 1. The van der Waals surface area contributed by atoms with Gasteiger partial charge in [0.1, 0.15) is 0 Å². The molecule has 0 aromatic carbocycles. The van der Waals surface area contributed by atoms with E-state index >= 15 is 0 Å². The molecule has 110 valence electrons. The van der Waals surface area contributed by atoms with Crippen LogP contribution < -0.4 is 0 Å². The molecule has 19 heavy (non-hydrogen) atoms. The van der Waals surface area contributed by atoms with Crippen molar-refractivity contribution in [3.63, 3.8) is 0 Å². The summed E-state index contributed by atoms with van der Waals surface area (Å²) in [5.41, 5.74) is 0. The Morgan fingerprint density at radius 3 is 2.21 bits per heavy atom. The van der Waals surface area contributed by atoms with Gasteiger partial charge in [0.15, 0.2) is 0 Å². The quantitative estimate of drug-likeness (QED) is 0.806. The summed E-state index contributed by atoms with van der Waals surface area (Å²) in [5.74, 6) is -1.20. The molecule has 4 heteroatoms. The average molecular weight is 269 g/mol. The van der Waals surface area contributed by atoms with E-state index in [4.69, 9.17) is 0 Å². The number of carbonyl (C=O) groups is 2. The lowest BCUT2D eigenvalue weighted by atomic mass is 9.94. The minimum atomic E-state index is -0.811. The number of hydrogen-bond donors (Lipinski definition) is 1. The zero-order valence-corrected chi connectivity index (χ0v) is 12.6. The predicted octanol–water partition coefficient (Wildman–Crippen LogP) is 2.77. The van der Waals surface area contributed by atoms with Crippen molar-refractivity contribution in [1.82, 2.24) is 4.90 Å². The van der Waals surface area contributed by atoms with Crippen molar-refractivity contribution in [3.05, 3.63) is 0 Å². The van der Waals surface area contributed by atoms with Crippen LogP contribution in [0.4, 0.5) is 0 Å². The van der Waals surface area contributed by atoms with Crippen LogP contribution in [0.15, 0.2) is 0 Å². The van der Waals surface area contributed by atoms with Crippen LogP contribution in [0.5, 0.6) is 0 Å². The van der Waals surface area contributed by atoms with Gasteiger partial charge in [0.05, 0.1) is 11.8 Å². The highest BCUT2D eigenvalue weighted by molar-refractivity contribution is 5.85. The van der Waals surface area contributed by atoms with Gasteiger partial charge in [0.2, 0.25) is 5.91 Å². The van der Waals surface area contributed by atoms with Crippen molar-refractivity contribution < 1.29 is 14.7 Å². The summed E-state index contributed by atoms with van der Waals surface area (Å²) >= 11 is 0. The second-order valence-electron chi connectivity index (χ2n) is 5.68. The van der Waals surface area contributed by atoms with Crippen LogP contribution in [0.2, 0.25) is 0 Å². The molecule has 0 aromatic rings. The monoisotopic (exact) mass is 269 g/mol. The van der Waals surface area contributed by atoms with Crippen molar-refractivity contribution in [2.24, 2.45) is 17.8 Å². The minimum Gasteiger partial charge on any atom is -0.481 e. The molecule has 2 unspecified atom stereocenters. The van der Waals surface area contributed by atoms with Crippen molar-refractivity contribution >= 4 is 11.9 Å². The maximum atomic E-state index is 12.6. The van der Waals surface area contributed by atoms with Gasteiger partial charge in [-0.15, -0.1) is 0 Å². The Morgan fingerprint density at radius 1 is 1.21 bits per heavy atom. The summed E-state index contributed by atoms with van der Waals surface area (Å²) in [4.78, 5) is 25.8. The van der Waals surface area contributed by atoms with Crippen LogP contribution in [-0.4, -0.2) is 34.5 Å². The Labute approximate surface area is 116 Å². The molecule has 0 bridgehead atoms. The molecule has 0 heterocycles. The lowest BCUT2D eigenvalue weighted by Crippen LogP contribution is -2.43. The van der Waals surface area contributed by atoms with Crippen molar-refractivity contribution in [3.8, 4) is 0 Å². The van der Waals surface area contributed by atoms with Gasteiger partial charge in [0.25, 0.3) is 0 Å². The second kappa shape index (κ2) is 6.92. The van der Waals surface area contributed by atoms with Crippen LogP contribution in [-0.2, 0) is 9.59 Å². The molecular weight excluding hydrogens is 242 g/mol. The van der Waals surface area contributed by atoms with E-state index in [0.717, 1.165) is 19.3 Å². The topological polar surface area (TPSA) is 57.6 Å². The second-order valence-corrected chi connectivity index (χ2v) is 5.68. The zero-order valence-electron chi connectivity index (χ0n) is 12.6. The molecule has 1 fully saturated rings. The first-order valence-electron chi connectivity index (χ1n) is 7.49. The van der Waals surface area contributed by atoms with Crippen LogP contribution in [0.1, 0.15) is 53.4 Å². The van der Waals surface area contributed by atoms with Gasteiger partial charge in [-0.1, -0.05) is 20.3 Å². The summed E-state index contributed by atoms with van der Waals surface area (Å²) in [6, 6.07) is 0.188. The Balaban J connectivity index is 2.86. The van der Waals surface area contributed by atoms with Crippen LogP contribution in [0.25, 0.3) is 0 Å². The molecule has 1 rings (SSSR count). The van der Waals surface area contributed by atoms with E-state index in [2.05, 4.69) is 13.8 Å². The Bertz CT molecular complexity index is 329. The molecule has 0 aromatic heterocycles. The lowest BCUT2D eigenvalue weighted by Gasteiger charge is -2.31. The van der Waals surface area contributed by atoms with E-state index in [9.17, 15) is 14.7 Å². The van der Waals surface area contributed by atoms with E-state index in [-0.39, 0.29) is 17.9 Å². The molecular formula is C15H27NO3. The smallest absolute Gasteiger partial charge is 0.307 e. The molecule has 1 aliphatic carbocycles. The fourth-order valence-electron chi connectivity index (χ4n) is 3.14. The maximum Gasteiger partial charge on any atom is 0.307 e. The minimum absolute atomic E-state index is 0.0419. The highest BCUT2D eigenvalue weighted by Crippen LogP contribution is 2.39. The van der Waals surface area contributed by atoms with E-state index in [1.165, 1.54) is 0 Å². The third kappa shape index (κ3) is 3.48. The number of carboxylic acid groups (broad SMARTS) is 1. The van der Waals surface area contributed by atoms with Crippen LogP contribution in [0, 0.1) is 17.8 Å². The summed E-state index contributed by atoms with van der Waals surface area (Å²) in [6.07, 6.45) is 3.25. The molecule has 0 saturated heterocycles. The maximum absolute atomic E-state index is 12.6. The molecule has 0 aliphatic heterocycles. The van der Waals surface area contributed by atoms with Crippen LogP contribution >= 0.6 is 0 Å². The third-order valence-corrected chi connectivity index (χ3v) is 4.62. The average Bonchev–Trinajstić information content (AvgIpc) is 2.83. The molecule has 4 atom stereocenters. The molecule has 1 aliphatic rings. The largest absolute Gasteiger partial charge is 0.481 e. The van der Waals surface area contributed by atoms with Gasteiger partial charge < -0.3 is 10.0 Å². The molecule has 0 spiro atoms. The SMILES string of the molecule is CCC1C[C@H](C(=O)N(CC)C(C)CC)[C@H](C(=O)O)C1. The first-order valence-corrected chi connectivity index (χ1v) is 7.49. The number of aliphatic carboxylic acids is 1. The van der Waals surface area contributed by atoms with E-state index in [1.807, 2.05) is 18.7 Å². The van der Waals surface area contributed by atoms with Gasteiger partial charge in [-0.25, -0.2) is 0 Å². The molecule has 1 saturated carbocycles. The van der Waals surface area contributed by atoms with Crippen LogP contribution in [0.3, 0.4) is 0 Å². The van der Waals surface area contributed by atoms with Gasteiger partial charge in [-0.05, 0) is 39.0 Å².